The number of benzene rings is 1. The Kier molecular flexibility index (Phi) is 6.31. The van der Waals surface area contributed by atoms with Crippen LogP contribution in [0.15, 0.2) is 48.9 Å². The minimum Gasteiger partial charge on any atom is -0.392 e. The molecule has 6 heteroatoms. The Morgan fingerprint density at radius 2 is 1.93 bits per heavy atom. The maximum atomic E-state index is 9.28. The van der Waals surface area contributed by atoms with Gasteiger partial charge in [-0.3, -0.25) is 4.98 Å². The van der Waals surface area contributed by atoms with Crippen molar-refractivity contribution >= 4 is 11.6 Å². The number of aryl methyl sites for hydroxylation is 1. The van der Waals surface area contributed by atoms with Gasteiger partial charge in [0.05, 0.1) is 6.61 Å². The molecule has 0 aliphatic heterocycles. The minimum absolute atomic E-state index is 0.00952. The molecule has 3 aromatic rings. The molecule has 28 heavy (non-hydrogen) atoms. The lowest BCUT2D eigenvalue weighted by Crippen LogP contribution is -2.06. The Bertz CT molecular complexity index is 921. The molecule has 0 fully saturated rings. The number of aromatic nitrogens is 4. The average molecular weight is 376 g/mol. The second-order valence-corrected chi connectivity index (χ2v) is 7.76. The lowest BCUT2D eigenvalue weighted by molar-refractivity contribution is 0.282. The number of anilines is 2. The van der Waals surface area contributed by atoms with Gasteiger partial charge in [-0.15, -0.1) is 0 Å². The van der Waals surface area contributed by atoms with Crippen molar-refractivity contribution in [3.8, 4) is 11.4 Å². The molecule has 3 rings (SSSR count). The molecule has 0 atom stereocenters. The van der Waals surface area contributed by atoms with Gasteiger partial charge in [0.25, 0.3) is 0 Å². The van der Waals surface area contributed by atoms with E-state index in [1.165, 1.54) is 6.33 Å². The van der Waals surface area contributed by atoms with E-state index in [2.05, 4.69) is 52.4 Å². The summed E-state index contributed by atoms with van der Waals surface area (Å²) in [7, 11) is 0. The Labute approximate surface area is 166 Å². The fourth-order valence-electron chi connectivity index (χ4n) is 2.78. The number of aliphatic hydroxyl groups is 1. The molecule has 1 radical (unpaired) electrons. The first-order valence-electron chi connectivity index (χ1n) is 9.38. The second kappa shape index (κ2) is 8.89. The number of pyridine rings is 1. The Hall–Kier alpha value is -2.86. The number of hydrogen-bond acceptors (Lipinski definition) is 6. The summed E-state index contributed by atoms with van der Waals surface area (Å²) in [6, 6.07) is 11.4. The zero-order valence-electron chi connectivity index (χ0n) is 16.6. The predicted octanol–water partition coefficient (Wildman–Crippen LogP) is 4.35. The van der Waals surface area contributed by atoms with Crippen molar-refractivity contribution in [1.29, 1.82) is 0 Å². The highest BCUT2D eigenvalue weighted by molar-refractivity contribution is 5.59. The highest BCUT2D eigenvalue weighted by Crippen LogP contribution is 2.22. The fraction of sp³-hybridized carbons (Fsp3) is 0.318. The van der Waals surface area contributed by atoms with E-state index in [1.54, 1.807) is 6.20 Å². The summed E-state index contributed by atoms with van der Waals surface area (Å²) >= 11 is 0. The normalized spacial score (nSPS) is 11.4. The fourth-order valence-corrected chi connectivity index (χ4v) is 2.78. The first kappa shape index (κ1) is 19.9. The van der Waals surface area contributed by atoms with Crippen molar-refractivity contribution in [2.45, 2.75) is 40.2 Å². The summed E-state index contributed by atoms with van der Waals surface area (Å²) in [6.45, 7) is 6.59. The van der Waals surface area contributed by atoms with E-state index in [0.29, 0.717) is 11.8 Å². The number of hydrogen-bond donors (Lipinski definition) is 2. The molecule has 0 unspecified atom stereocenters. The molecular weight excluding hydrogens is 350 g/mol. The van der Waals surface area contributed by atoms with Gasteiger partial charge in [0, 0.05) is 23.1 Å². The summed E-state index contributed by atoms with van der Waals surface area (Å²) in [6.07, 6.45) is 7.46. The Morgan fingerprint density at radius 3 is 2.71 bits per heavy atom. The third-order valence-electron chi connectivity index (χ3n) is 4.17. The largest absolute Gasteiger partial charge is 0.392 e. The molecule has 6 nitrogen and oxygen atoms in total. The van der Waals surface area contributed by atoms with Gasteiger partial charge in [-0.1, -0.05) is 32.9 Å². The van der Waals surface area contributed by atoms with Gasteiger partial charge in [0.2, 0.25) is 5.95 Å². The van der Waals surface area contributed by atoms with E-state index in [-0.39, 0.29) is 12.0 Å². The van der Waals surface area contributed by atoms with Crippen LogP contribution in [0, 0.1) is 11.8 Å². The molecule has 0 saturated carbocycles. The van der Waals surface area contributed by atoms with E-state index in [4.69, 9.17) is 0 Å². The topological polar surface area (TPSA) is 83.8 Å². The Balaban J connectivity index is 1.73. The Morgan fingerprint density at radius 1 is 1.07 bits per heavy atom. The van der Waals surface area contributed by atoms with Gasteiger partial charge in [-0.25, -0.2) is 9.97 Å². The second-order valence-electron chi connectivity index (χ2n) is 7.76. The van der Waals surface area contributed by atoms with Gasteiger partial charge in [0.15, 0.2) is 5.82 Å². The molecule has 0 aliphatic rings. The van der Waals surface area contributed by atoms with Gasteiger partial charge in [0.1, 0.15) is 6.33 Å². The SMILES string of the molecule is CC(C)(C)[CH]CCc1cc(-c2ncnc(Nc3cccc(CO)c3)n2)ccn1. The molecule has 0 saturated heterocycles. The van der Waals surface area contributed by atoms with E-state index in [0.717, 1.165) is 35.3 Å². The predicted molar refractivity (Wildman–Crippen MR) is 111 cm³/mol. The molecule has 1 aromatic carbocycles. The van der Waals surface area contributed by atoms with E-state index >= 15 is 0 Å². The maximum Gasteiger partial charge on any atom is 0.230 e. The third-order valence-corrected chi connectivity index (χ3v) is 4.17. The molecule has 0 amide bonds. The zero-order valence-corrected chi connectivity index (χ0v) is 16.6. The van der Waals surface area contributed by atoms with Crippen molar-refractivity contribution in [3.05, 3.63) is 66.6 Å². The van der Waals surface area contributed by atoms with Crippen LogP contribution in [0.2, 0.25) is 0 Å². The van der Waals surface area contributed by atoms with Crippen LogP contribution >= 0.6 is 0 Å². The smallest absolute Gasteiger partial charge is 0.230 e. The lowest BCUT2D eigenvalue weighted by Gasteiger charge is -2.16. The number of nitrogens with zero attached hydrogens (tertiary/aromatic N) is 4. The lowest BCUT2D eigenvalue weighted by atomic mass is 9.89. The van der Waals surface area contributed by atoms with Crippen LogP contribution in [0.25, 0.3) is 11.4 Å². The minimum atomic E-state index is -0.00952. The summed E-state index contributed by atoms with van der Waals surface area (Å²) in [5.41, 5.74) is 3.78. The first-order valence-corrected chi connectivity index (χ1v) is 9.38. The standard InChI is InChI=1S/C22H26N5O/c1-22(2,3)10-5-8-18-13-17(9-11-23-18)20-24-15-25-21(27-20)26-19-7-4-6-16(12-19)14-28/h4,6-7,9-13,15,28H,5,8,14H2,1-3H3,(H,24,25,26,27). The molecule has 2 heterocycles. The number of aliphatic hydroxyl groups excluding tert-OH is 1. The van der Waals surface area contributed by atoms with Gasteiger partial charge < -0.3 is 10.4 Å². The van der Waals surface area contributed by atoms with Crippen LogP contribution in [-0.4, -0.2) is 25.0 Å². The summed E-state index contributed by atoms with van der Waals surface area (Å²) in [5.74, 6) is 1.05. The molecule has 0 spiro atoms. The van der Waals surface area contributed by atoms with Crippen molar-refractivity contribution in [1.82, 2.24) is 19.9 Å². The van der Waals surface area contributed by atoms with Crippen LogP contribution in [-0.2, 0) is 13.0 Å². The van der Waals surface area contributed by atoms with E-state index < -0.39 is 0 Å². The van der Waals surface area contributed by atoms with Crippen molar-refractivity contribution < 1.29 is 5.11 Å². The maximum absolute atomic E-state index is 9.28. The van der Waals surface area contributed by atoms with Crippen LogP contribution in [0.4, 0.5) is 11.6 Å². The monoisotopic (exact) mass is 376 g/mol. The van der Waals surface area contributed by atoms with Crippen molar-refractivity contribution in [2.75, 3.05) is 5.32 Å². The molecule has 2 aromatic heterocycles. The number of rotatable bonds is 7. The third kappa shape index (κ3) is 5.82. The zero-order chi connectivity index (χ0) is 20.0. The summed E-state index contributed by atoms with van der Waals surface area (Å²) < 4.78 is 0. The van der Waals surface area contributed by atoms with Gasteiger partial charge in [-0.2, -0.15) is 4.98 Å². The quantitative estimate of drug-likeness (QED) is 0.638. The number of nitrogens with one attached hydrogen (secondary N) is 1. The molecule has 2 N–H and O–H groups in total. The molecule has 145 valence electrons. The summed E-state index contributed by atoms with van der Waals surface area (Å²) in [5, 5.41) is 12.4. The molecular formula is C22H26N5O. The summed E-state index contributed by atoms with van der Waals surface area (Å²) in [4.78, 5) is 17.5. The first-order chi connectivity index (χ1) is 13.4. The van der Waals surface area contributed by atoms with Gasteiger partial charge in [-0.05, 0) is 54.5 Å². The van der Waals surface area contributed by atoms with Gasteiger partial charge >= 0.3 is 0 Å². The van der Waals surface area contributed by atoms with Crippen molar-refractivity contribution in [3.63, 3.8) is 0 Å². The van der Waals surface area contributed by atoms with Crippen molar-refractivity contribution in [2.24, 2.45) is 5.41 Å². The average Bonchev–Trinajstić information content (AvgIpc) is 2.68. The van der Waals surface area contributed by atoms with Crippen LogP contribution < -0.4 is 5.32 Å². The molecule has 0 aliphatic carbocycles. The highest BCUT2D eigenvalue weighted by Gasteiger charge is 2.11. The van der Waals surface area contributed by atoms with E-state index in [9.17, 15) is 5.11 Å². The van der Waals surface area contributed by atoms with Crippen LogP contribution in [0.5, 0.6) is 0 Å². The highest BCUT2D eigenvalue weighted by atomic mass is 16.3. The van der Waals surface area contributed by atoms with Crippen LogP contribution in [0.3, 0.4) is 0 Å². The van der Waals surface area contributed by atoms with Crippen LogP contribution in [0.1, 0.15) is 38.4 Å². The molecule has 0 bridgehead atoms. The van der Waals surface area contributed by atoms with E-state index in [1.807, 2.05) is 36.4 Å².